The third-order valence-corrected chi connectivity index (χ3v) is 3.56. The highest BCUT2D eigenvalue weighted by Gasteiger charge is 2.20. The number of fused-ring (bicyclic) bond motifs is 2. The quantitative estimate of drug-likeness (QED) is 0.753. The lowest BCUT2D eigenvalue weighted by molar-refractivity contribution is 0.279. The second-order valence-corrected chi connectivity index (χ2v) is 4.79. The summed E-state index contributed by atoms with van der Waals surface area (Å²) in [5, 5.41) is 3.13. The number of hydrogen-bond donors (Lipinski definition) is 1. The van der Waals surface area contributed by atoms with Crippen LogP contribution in [0.3, 0.4) is 0 Å². The number of anilines is 1. The van der Waals surface area contributed by atoms with Gasteiger partial charge in [-0.2, -0.15) is 0 Å². The van der Waals surface area contributed by atoms with Crippen molar-refractivity contribution in [3.8, 4) is 5.88 Å². The summed E-state index contributed by atoms with van der Waals surface area (Å²) in [7, 11) is 0. The zero-order chi connectivity index (χ0) is 12.7. The highest BCUT2D eigenvalue weighted by Crippen LogP contribution is 2.29. The Bertz CT molecular complexity index is 699. The second-order valence-electron chi connectivity index (χ2n) is 4.79. The topological polar surface area (TPSA) is 28.3 Å². The Morgan fingerprint density at radius 3 is 2.79 bits per heavy atom. The predicted octanol–water partition coefficient (Wildman–Crippen LogP) is 3.52. The molecule has 0 saturated carbocycles. The maximum atomic E-state index is 5.96. The standard InChI is InChI=1S/C16H14N2O/c1-3-7-14-13(6-1)11-16(17-14)19-18-10-9-12-5-2-4-8-15(12)18/h1-8,11,17H,9-10H2. The van der Waals surface area contributed by atoms with Crippen LogP contribution in [-0.2, 0) is 6.42 Å². The van der Waals surface area contributed by atoms with Crippen LogP contribution in [0.2, 0.25) is 0 Å². The van der Waals surface area contributed by atoms with Crippen molar-refractivity contribution in [3.05, 3.63) is 60.2 Å². The summed E-state index contributed by atoms with van der Waals surface area (Å²) in [5.41, 5.74) is 3.62. The SMILES string of the molecule is c1ccc2c(c1)CCN2Oc1cc2ccccc2[nH]1. The maximum absolute atomic E-state index is 5.96. The van der Waals surface area contributed by atoms with Crippen molar-refractivity contribution in [2.24, 2.45) is 0 Å². The molecule has 0 amide bonds. The van der Waals surface area contributed by atoms with Crippen LogP contribution in [-0.4, -0.2) is 11.5 Å². The number of H-pyrrole nitrogens is 1. The molecule has 1 aliphatic rings. The average Bonchev–Trinajstić information content (AvgIpc) is 3.03. The van der Waals surface area contributed by atoms with E-state index in [2.05, 4.69) is 35.3 Å². The molecule has 0 bridgehead atoms. The predicted molar refractivity (Wildman–Crippen MR) is 76.4 cm³/mol. The van der Waals surface area contributed by atoms with Crippen LogP contribution in [0.15, 0.2) is 54.6 Å². The van der Waals surface area contributed by atoms with E-state index in [9.17, 15) is 0 Å². The molecule has 0 spiro atoms. The first-order valence-electron chi connectivity index (χ1n) is 6.51. The number of nitrogens with one attached hydrogen (secondary N) is 1. The van der Waals surface area contributed by atoms with E-state index in [1.54, 1.807) is 0 Å². The molecule has 3 heteroatoms. The van der Waals surface area contributed by atoms with Crippen LogP contribution in [0.5, 0.6) is 5.88 Å². The zero-order valence-corrected chi connectivity index (χ0v) is 10.5. The van der Waals surface area contributed by atoms with E-state index in [1.165, 1.54) is 16.6 Å². The minimum atomic E-state index is 0.790. The number of benzene rings is 2. The van der Waals surface area contributed by atoms with Crippen LogP contribution in [0.1, 0.15) is 5.56 Å². The van der Waals surface area contributed by atoms with Crippen molar-refractivity contribution >= 4 is 16.6 Å². The molecule has 1 N–H and O–H groups in total. The number of nitrogens with zero attached hydrogens (tertiary/aromatic N) is 1. The fourth-order valence-electron chi connectivity index (χ4n) is 2.62. The summed E-state index contributed by atoms with van der Waals surface area (Å²) in [6, 6.07) is 18.6. The van der Waals surface area contributed by atoms with Crippen LogP contribution in [0.4, 0.5) is 5.69 Å². The molecular weight excluding hydrogens is 236 g/mol. The average molecular weight is 250 g/mol. The molecule has 4 rings (SSSR count). The highest BCUT2D eigenvalue weighted by atomic mass is 16.7. The van der Waals surface area contributed by atoms with E-state index in [4.69, 9.17) is 4.84 Å². The van der Waals surface area contributed by atoms with Crippen molar-refractivity contribution in [3.63, 3.8) is 0 Å². The summed E-state index contributed by atoms with van der Waals surface area (Å²) in [4.78, 5) is 9.25. The minimum Gasteiger partial charge on any atom is -0.361 e. The van der Waals surface area contributed by atoms with Crippen LogP contribution in [0.25, 0.3) is 10.9 Å². The van der Waals surface area contributed by atoms with E-state index >= 15 is 0 Å². The number of aromatic nitrogens is 1. The normalized spacial score (nSPS) is 13.8. The van der Waals surface area contributed by atoms with Gasteiger partial charge in [-0.15, -0.1) is 0 Å². The third-order valence-electron chi connectivity index (χ3n) is 3.56. The van der Waals surface area contributed by atoms with Gasteiger partial charge in [0.1, 0.15) is 0 Å². The Morgan fingerprint density at radius 2 is 1.84 bits per heavy atom. The van der Waals surface area contributed by atoms with Gasteiger partial charge >= 0.3 is 0 Å². The summed E-state index contributed by atoms with van der Waals surface area (Å²) in [6.07, 6.45) is 1.04. The van der Waals surface area contributed by atoms with E-state index in [1.807, 2.05) is 29.3 Å². The Hall–Kier alpha value is -2.42. The summed E-state index contributed by atoms with van der Waals surface area (Å²) in [6.45, 7) is 0.898. The summed E-state index contributed by atoms with van der Waals surface area (Å²) < 4.78 is 0. The molecule has 0 fully saturated rings. The Balaban J connectivity index is 1.65. The summed E-state index contributed by atoms with van der Waals surface area (Å²) >= 11 is 0. The van der Waals surface area contributed by atoms with Gasteiger partial charge in [0.25, 0.3) is 0 Å². The Kier molecular flexibility index (Phi) is 2.24. The van der Waals surface area contributed by atoms with Gasteiger partial charge < -0.3 is 9.82 Å². The van der Waals surface area contributed by atoms with Gasteiger partial charge in [-0.3, -0.25) is 0 Å². The molecule has 0 saturated heterocycles. The Morgan fingerprint density at radius 1 is 1.00 bits per heavy atom. The molecule has 3 nitrogen and oxygen atoms in total. The van der Waals surface area contributed by atoms with Gasteiger partial charge in [0, 0.05) is 17.0 Å². The highest BCUT2D eigenvalue weighted by molar-refractivity contribution is 5.81. The molecule has 0 aliphatic carbocycles. The molecule has 1 aliphatic heterocycles. The molecule has 19 heavy (non-hydrogen) atoms. The monoisotopic (exact) mass is 250 g/mol. The van der Waals surface area contributed by atoms with Gasteiger partial charge in [-0.05, 0) is 24.1 Å². The minimum absolute atomic E-state index is 0.790. The van der Waals surface area contributed by atoms with Gasteiger partial charge in [-0.1, -0.05) is 36.4 Å². The van der Waals surface area contributed by atoms with Gasteiger partial charge in [0.05, 0.1) is 12.2 Å². The molecule has 0 atom stereocenters. The van der Waals surface area contributed by atoms with Gasteiger partial charge in [0.2, 0.25) is 5.88 Å². The van der Waals surface area contributed by atoms with Crippen molar-refractivity contribution in [2.45, 2.75) is 6.42 Å². The molecule has 3 aromatic rings. The van der Waals surface area contributed by atoms with Crippen LogP contribution >= 0.6 is 0 Å². The fourth-order valence-corrected chi connectivity index (χ4v) is 2.62. The number of hydroxylamine groups is 1. The van der Waals surface area contributed by atoms with Crippen molar-refractivity contribution in [2.75, 3.05) is 11.6 Å². The third kappa shape index (κ3) is 1.74. The first-order valence-corrected chi connectivity index (χ1v) is 6.51. The smallest absolute Gasteiger partial charge is 0.225 e. The van der Waals surface area contributed by atoms with Gasteiger partial charge in [0.15, 0.2) is 0 Å². The largest absolute Gasteiger partial charge is 0.361 e. The Labute approximate surface area is 111 Å². The molecule has 0 radical (unpaired) electrons. The van der Waals surface area contributed by atoms with E-state index in [0.29, 0.717) is 0 Å². The lowest BCUT2D eigenvalue weighted by atomic mass is 10.2. The molecular formula is C16H14N2O. The van der Waals surface area contributed by atoms with Crippen LogP contribution in [0, 0.1) is 0 Å². The van der Waals surface area contributed by atoms with Crippen molar-refractivity contribution in [1.29, 1.82) is 0 Å². The van der Waals surface area contributed by atoms with Crippen LogP contribution < -0.4 is 9.90 Å². The van der Waals surface area contributed by atoms with E-state index in [-0.39, 0.29) is 0 Å². The van der Waals surface area contributed by atoms with Crippen molar-refractivity contribution < 1.29 is 4.84 Å². The number of para-hydroxylation sites is 2. The van der Waals surface area contributed by atoms with Gasteiger partial charge in [-0.25, -0.2) is 5.06 Å². The molecule has 0 unspecified atom stereocenters. The number of aromatic amines is 1. The number of hydrogen-bond acceptors (Lipinski definition) is 2. The zero-order valence-electron chi connectivity index (χ0n) is 10.5. The second kappa shape index (κ2) is 4.05. The maximum Gasteiger partial charge on any atom is 0.225 e. The first kappa shape index (κ1) is 10.5. The lowest BCUT2D eigenvalue weighted by Gasteiger charge is -2.18. The molecule has 94 valence electrons. The summed E-state index contributed by atoms with van der Waals surface area (Å²) in [5.74, 6) is 0.790. The first-order chi connectivity index (χ1) is 9.40. The van der Waals surface area contributed by atoms with E-state index in [0.717, 1.165) is 24.4 Å². The fraction of sp³-hybridized carbons (Fsp3) is 0.125. The molecule has 1 aromatic heterocycles. The van der Waals surface area contributed by atoms with E-state index < -0.39 is 0 Å². The lowest BCUT2D eigenvalue weighted by Crippen LogP contribution is -2.24. The van der Waals surface area contributed by atoms with Crippen molar-refractivity contribution in [1.82, 2.24) is 4.98 Å². The number of rotatable bonds is 2. The molecule has 2 aromatic carbocycles. The molecule has 2 heterocycles.